The lowest BCUT2D eigenvalue weighted by molar-refractivity contribution is -0.143. The van der Waals surface area contributed by atoms with Gasteiger partial charge in [0, 0.05) is 12.3 Å². The molecule has 1 aliphatic rings. The number of carbonyl (C=O) groups is 2. The second-order valence-electron chi connectivity index (χ2n) is 8.06. The molecule has 0 saturated heterocycles. The van der Waals surface area contributed by atoms with E-state index in [0.29, 0.717) is 6.42 Å². The molecule has 0 fully saturated rings. The van der Waals surface area contributed by atoms with E-state index < -0.39 is 18.1 Å². The Hall–Kier alpha value is -3.86. The van der Waals surface area contributed by atoms with Crippen LogP contribution in [0.3, 0.4) is 0 Å². The summed E-state index contributed by atoms with van der Waals surface area (Å²) in [5.74, 6) is -0.562. The molecule has 0 saturated carbocycles. The first-order valence-electron chi connectivity index (χ1n) is 11.0. The molecule has 3 aromatic rings. The highest BCUT2D eigenvalue weighted by atomic mass is 16.6. The maximum atomic E-state index is 12.7. The SMILES string of the molecule is C=CCc1cccc(C[C@@H](NC(=O)OCC2c3ccccc3-c3ccccc32)C(=O)OC)c1. The van der Waals surface area contributed by atoms with Crippen LogP contribution in [0.2, 0.25) is 0 Å². The molecule has 0 radical (unpaired) electrons. The summed E-state index contributed by atoms with van der Waals surface area (Å²) in [5, 5.41) is 2.68. The Morgan fingerprint density at radius 2 is 1.61 bits per heavy atom. The van der Waals surface area contributed by atoms with Gasteiger partial charge in [-0.15, -0.1) is 6.58 Å². The van der Waals surface area contributed by atoms with Crippen LogP contribution in [0.25, 0.3) is 11.1 Å². The quantitative estimate of drug-likeness (QED) is 0.393. The van der Waals surface area contributed by atoms with Gasteiger partial charge in [-0.25, -0.2) is 9.59 Å². The van der Waals surface area contributed by atoms with Gasteiger partial charge in [0.05, 0.1) is 7.11 Å². The molecule has 0 unspecified atom stereocenters. The zero-order valence-electron chi connectivity index (χ0n) is 18.6. The lowest BCUT2D eigenvalue weighted by atomic mass is 9.98. The molecule has 5 heteroatoms. The molecular formula is C28H27NO4. The van der Waals surface area contributed by atoms with Gasteiger partial charge in [0.25, 0.3) is 0 Å². The van der Waals surface area contributed by atoms with Crippen molar-refractivity contribution in [3.05, 3.63) is 108 Å². The highest BCUT2D eigenvalue weighted by molar-refractivity contribution is 5.82. The molecule has 0 spiro atoms. The third-order valence-electron chi connectivity index (χ3n) is 5.93. The number of fused-ring (bicyclic) bond motifs is 3. The second-order valence-corrected chi connectivity index (χ2v) is 8.06. The third-order valence-corrected chi connectivity index (χ3v) is 5.93. The number of allylic oxidation sites excluding steroid dienone is 1. The molecule has 1 atom stereocenters. The summed E-state index contributed by atoms with van der Waals surface area (Å²) in [7, 11) is 1.31. The fraction of sp³-hybridized carbons (Fsp3) is 0.214. The number of hydrogen-bond acceptors (Lipinski definition) is 4. The van der Waals surface area contributed by atoms with E-state index in [1.165, 1.54) is 7.11 Å². The van der Waals surface area contributed by atoms with Crippen molar-refractivity contribution in [1.29, 1.82) is 0 Å². The Bertz CT molecular complexity index is 1120. The van der Waals surface area contributed by atoms with E-state index in [0.717, 1.165) is 39.8 Å². The van der Waals surface area contributed by atoms with Crippen LogP contribution in [0.4, 0.5) is 4.79 Å². The fourth-order valence-corrected chi connectivity index (χ4v) is 4.40. The predicted octanol–water partition coefficient (Wildman–Crippen LogP) is 5.04. The largest absolute Gasteiger partial charge is 0.467 e. The van der Waals surface area contributed by atoms with Crippen LogP contribution >= 0.6 is 0 Å². The Labute approximate surface area is 194 Å². The lowest BCUT2D eigenvalue weighted by Gasteiger charge is -2.19. The van der Waals surface area contributed by atoms with Crippen molar-refractivity contribution in [2.75, 3.05) is 13.7 Å². The van der Waals surface area contributed by atoms with Crippen LogP contribution in [0.1, 0.15) is 28.2 Å². The summed E-state index contributed by atoms with van der Waals surface area (Å²) in [6, 6.07) is 23.3. The van der Waals surface area contributed by atoms with Crippen LogP contribution < -0.4 is 5.32 Å². The van der Waals surface area contributed by atoms with E-state index >= 15 is 0 Å². The molecule has 4 rings (SSSR count). The van der Waals surface area contributed by atoms with Gasteiger partial charge < -0.3 is 14.8 Å². The number of esters is 1. The zero-order valence-corrected chi connectivity index (χ0v) is 18.6. The van der Waals surface area contributed by atoms with Crippen molar-refractivity contribution < 1.29 is 19.1 Å². The highest BCUT2D eigenvalue weighted by Crippen LogP contribution is 2.44. The third kappa shape index (κ3) is 4.98. The average molecular weight is 442 g/mol. The number of alkyl carbamates (subject to hydrolysis) is 1. The van der Waals surface area contributed by atoms with Crippen LogP contribution in [0.5, 0.6) is 0 Å². The van der Waals surface area contributed by atoms with Crippen LogP contribution in [-0.2, 0) is 27.1 Å². The van der Waals surface area contributed by atoms with E-state index in [2.05, 4.69) is 36.2 Å². The van der Waals surface area contributed by atoms with Gasteiger partial charge in [-0.1, -0.05) is 78.9 Å². The highest BCUT2D eigenvalue weighted by Gasteiger charge is 2.30. The smallest absolute Gasteiger partial charge is 0.407 e. The first kappa shape index (κ1) is 22.3. The molecule has 0 heterocycles. The summed E-state index contributed by atoms with van der Waals surface area (Å²) in [6.45, 7) is 3.94. The maximum Gasteiger partial charge on any atom is 0.407 e. The normalized spacial score (nSPS) is 12.9. The van der Waals surface area contributed by atoms with E-state index in [1.807, 2.05) is 54.6 Å². The molecule has 5 nitrogen and oxygen atoms in total. The standard InChI is InChI=1S/C28H27NO4/c1-3-9-19-10-8-11-20(16-19)17-26(27(30)32-2)29-28(31)33-18-25-23-14-6-4-12-21(23)22-13-5-7-15-24(22)25/h3-8,10-16,25-26H,1,9,17-18H2,2H3,(H,29,31)/t26-/m1/s1. The molecule has 168 valence electrons. The van der Waals surface area contributed by atoms with Crippen molar-refractivity contribution in [3.8, 4) is 11.1 Å². The van der Waals surface area contributed by atoms with Crippen LogP contribution in [0.15, 0.2) is 85.5 Å². The van der Waals surface area contributed by atoms with Gasteiger partial charge in [-0.2, -0.15) is 0 Å². The second kappa shape index (κ2) is 10.2. The Balaban J connectivity index is 1.44. The number of nitrogens with one attached hydrogen (secondary N) is 1. The number of benzene rings is 3. The number of ether oxygens (including phenoxy) is 2. The minimum Gasteiger partial charge on any atom is -0.467 e. The molecule has 1 aliphatic carbocycles. The van der Waals surface area contributed by atoms with Gasteiger partial charge in [0.2, 0.25) is 0 Å². The number of amides is 1. The van der Waals surface area contributed by atoms with E-state index in [-0.39, 0.29) is 12.5 Å². The zero-order chi connectivity index (χ0) is 23.2. The lowest BCUT2D eigenvalue weighted by Crippen LogP contribution is -2.43. The molecule has 1 N–H and O–H groups in total. The van der Waals surface area contributed by atoms with Gasteiger partial charge in [0.1, 0.15) is 12.6 Å². The predicted molar refractivity (Wildman–Crippen MR) is 128 cm³/mol. The van der Waals surface area contributed by atoms with Crippen molar-refractivity contribution in [1.82, 2.24) is 5.32 Å². The Morgan fingerprint density at radius 1 is 0.970 bits per heavy atom. The summed E-state index contributed by atoms with van der Waals surface area (Å²) < 4.78 is 10.5. The van der Waals surface area contributed by atoms with Gasteiger partial charge in [-0.05, 0) is 39.8 Å². The summed E-state index contributed by atoms with van der Waals surface area (Å²) in [6.07, 6.45) is 2.22. The van der Waals surface area contributed by atoms with Gasteiger partial charge in [0.15, 0.2) is 0 Å². The fourth-order valence-electron chi connectivity index (χ4n) is 4.40. The van der Waals surface area contributed by atoms with E-state index in [1.54, 1.807) is 0 Å². The van der Waals surface area contributed by atoms with Gasteiger partial charge in [-0.3, -0.25) is 0 Å². The number of rotatable bonds is 8. The van der Waals surface area contributed by atoms with E-state index in [4.69, 9.17) is 9.47 Å². The summed E-state index contributed by atoms with van der Waals surface area (Å²) >= 11 is 0. The number of methoxy groups -OCH3 is 1. The van der Waals surface area contributed by atoms with Crippen LogP contribution in [-0.4, -0.2) is 31.8 Å². The minimum absolute atomic E-state index is 0.0460. The molecule has 3 aromatic carbocycles. The minimum atomic E-state index is -0.843. The Kier molecular flexibility index (Phi) is 6.89. The number of carbonyl (C=O) groups excluding carboxylic acids is 2. The summed E-state index contributed by atoms with van der Waals surface area (Å²) in [5.41, 5.74) is 6.60. The van der Waals surface area contributed by atoms with Crippen LogP contribution in [0, 0.1) is 0 Å². The van der Waals surface area contributed by atoms with Crippen molar-refractivity contribution in [2.45, 2.75) is 24.8 Å². The average Bonchev–Trinajstić information content (AvgIpc) is 3.16. The van der Waals surface area contributed by atoms with Crippen molar-refractivity contribution in [3.63, 3.8) is 0 Å². The molecule has 0 aromatic heterocycles. The molecule has 0 bridgehead atoms. The molecule has 33 heavy (non-hydrogen) atoms. The maximum absolute atomic E-state index is 12.7. The van der Waals surface area contributed by atoms with Gasteiger partial charge >= 0.3 is 12.1 Å². The summed E-state index contributed by atoms with van der Waals surface area (Å²) in [4.78, 5) is 25.0. The van der Waals surface area contributed by atoms with Crippen molar-refractivity contribution in [2.24, 2.45) is 0 Å². The van der Waals surface area contributed by atoms with Crippen molar-refractivity contribution >= 4 is 12.1 Å². The first-order valence-corrected chi connectivity index (χ1v) is 11.0. The Morgan fingerprint density at radius 3 is 2.24 bits per heavy atom. The molecule has 0 aliphatic heterocycles. The first-order chi connectivity index (χ1) is 16.1. The molecular weight excluding hydrogens is 414 g/mol. The topological polar surface area (TPSA) is 64.6 Å². The molecule has 1 amide bonds. The van der Waals surface area contributed by atoms with E-state index in [9.17, 15) is 9.59 Å². The number of hydrogen-bond donors (Lipinski definition) is 1. The monoisotopic (exact) mass is 441 g/mol.